The van der Waals surface area contributed by atoms with Crippen molar-refractivity contribution in [2.75, 3.05) is 0 Å². The van der Waals surface area contributed by atoms with Crippen molar-refractivity contribution < 1.29 is 19.4 Å². The van der Waals surface area contributed by atoms with Crippen molar-refractivity contribution in [3.05, 3.63) is 0 Å². The van der Waals surface area contributed by atoms with Crippen LogP contribution in [0.25, 0.3) is 0 Å². The highest BCUT2D eigenvalue weighted by atomic mass is 16.5. The van der Waals surface area contributed by atoms with Crippen molar-refractivity contribution in [2.24, 2.45) is 28.6 Å². The third kappa shape index (κ3) is 1.64. The van der Waals surface area contributed by atoms with Crippen molar-refractivity contribution >= 4 is 11.8 Å². The zero-order valence-electron chi connectivity index (χ0n) is 15.4. The van der Waals surface area contributed by atoms with Crippen molar-refractivity contribution in [3.8, 4) is 0 Å². The molecule has 6 atom stereocenters. The third-order valence-electron chi connectivity index (χ3n) is 8.64. The smallest absolute Gasteiger partial charge is 0.309 e. The molecule has 2 saturated heterocycles. The van der Waals surface area contributed by atoms with Gasteiger partial charge in [0.05, 0.1) is 16.6 Å². The molecule has 2 heterocycles. The van der Waals surface area contributed by atoms with Crippen molar-refractivity contribution in [2.45, 2.75) is 83.8 Å². The summed E-state index contributed by atoms with van der Waals surface area (Å²) in [6, 6.07) is 0. The first-order valence-corrected chi connectivity index (χ1v) is 9.58. The van der Waals surface area contributed by atoms with E-state index in [2.05, 4.69) is 20.8 Å². The minimum atomic E-state index is -0.730. The molecule has 0 unspecified atom stereocenters. The Morgan fingerprint density at radius 1 is 1.21 bits per heavy atom. The number of ether oxygens (including phenoxy) is 1. The number of carboxylic acid groups (broad SMARTS) is 1. The number of carboxylic acids is 1. The molecule has 4 heteroatoms. The lowest BCUT2D eigenvalue weighted by molar-refractivity contribution is -0.223. The molecule has 4 aliphatic rings. The molecule has 0 aromatic rings. The predicted molar refractivity (Wildman–Crippen MR) is 89.5 cm³/mol. The molecule has 4 rings (SSSR count). The number of carbonyl (C=O) groups excluding carboxylic acids is 1. The average Bonchev–Trinajstić information content (AvgIpc) is 2.97. The Morgan fingerprint density at radius 3 is 2.54 bits per heavy atom. The Kier molecular flexibility index (Phi) is 3.19. The second kappa shape index (κ2) is 4.63. The standard InChI is InChI=1S/C20H30O4/c1-12(2)19-8-9-20(24-19)13(14(21)11-19)10-15-17(3,16(22)23)6-5-7-18(15,20)4/h12-13,15H,5-11H2,1-4H3,(H,22,23)/t13-,15-,17+,18-,19-,20+/m0/s1. The number of hydrogen-bond donors (Lipinski definition) is 1. The highest BCUT2D eigenvalue weighted by Crippen LogP contribution is 2.72. The molecule has 0 aromatic carbocycles. The fourth-order valence-electron chi connectivity index (χ4n) is 7.04. The van der Waals surface area contributed by atoms with Gasteiger partial charge in [0, 0.05) is 17.8 Å². The lowest BCUT2D eigenvalue weighted by Crippen LogP contribution is -2.59. The van der Waals surface area contributed by atoms with Crippen LogP contribution in [0.5, 0.6) is 0 Å². The van der Waals surface area contributed by atoms with Gasteiger partial charge in [-0.1, -0.05) is 27.2 Å². The van der Waals surface area contributed by atoms with Crippen LogP contribution in [0.4, 0.5) is 0 Å². The lowest BCUT2D eigenvalue weighted by atomic mass is 9.53. The first-order valence-electron chi connectivity index (χ1n) is 9.58. The zero-order valence-corrected chi connectivity index (χ0v) is 15.4. The molecule has 1 N–H and O–H groups in total. The summed E-state index contributed by atoms with van der Waals surface area (Å²) in [5, 5.41) is 9.94. The number of aliphatic carboxylic acids is 1. The van der Waals surface area contributed by atoms with Crippen LogP contribution in [-0.4, -0.2) is 28.1 Å². The van der Waals surface area contributed by atoms with Crippen LogP contribution in [0.15, 0.2) is 0 Å². The van der Waals surface area contributed by atoms with E-state index >= 15 is 0 Å². The number of ketones is 1. The highest BCUT2D eigenvalue weighted by Gasteiger charge is 2.76. The fourth-order valence-corrected chi connectivity index (χ4v) is 7.04. The maximum atomic E-state index is 13.1. The van der Waals surface area contributed by atoms with Crippen molar-refractivity contribution in [1.29, 1.82) is 0 Å². The maximum absolute atomic E-state index is 13.1. The molecule has 0 radical (unpaired) electrons. The van der Waals surface area contributed by atoms with Crippen LogP contribution in [0.2, 0.25) is 0 Å². The molecule has 1 spiro atoms. The number of hydrogen-bond acceptors (Lipinski definition) is 3. The van der Waals surface area contributed by atoms with Crippen LogP contribution < -0.4 is 0 Å². The molecule has 0 amide bonds. The van der Waals surface area contributed by atoms with E-state index in [9.17, 15) is 14.7 Å². The summed E-state index contributed by atoms with van der Waals surface area (Å²) >= 11 is 0. The van der Waals surface area contributed by atoms with Gasteiger partial charge in [-0.25, -0.2) is 0 Å². The summed E-state index contributed by atoms with van der Waals surface area (Å²) in [6.45, 7) is 8.45. The molecule has 4 fully saturated rings. The summed E-state index contributed by atoms with van der Waals surface area (Å²) in [5.74, 6) is -0.117. The van der Waals surface area contributed by atoms with E-state index in [4.69, 9.17) is 4.74 Å². The van der Waals surface area contributed by atoms with E-state index in [0.29, 0.717) is 24.5 Å². The fraction of sp³-hybridized carbons (Fsp3) is 0.900. The molecule has 24 heavy (non-hydrogen) atoms. The first-order chi connectivity index (χ1) is 11.1. The summed E-state index contributed by atoms with van der Waals surface area (Å²) in [6.07, 6.45) is 5.70. The molecule has 2 bridgehead atoms. The Labute approximate surface area is 144 Å². The van der Waals surface area contributed by atoms with Crippen LogP contribution in [0, 0.1) is 28.6 Å². The molecular formula is C20H30O4. The predicted octanol–water partition coefficient (Wildman–Crippen LogP) is 3.82. The van der Waals surface area contributed by atoms with Crippen LogP contribution >= 0.6 is 0 Å². The number of carbonyl (C=O) groups is 2. The minimum Gasteiger partial charge on any atom is -0.481 e. The van der Waals surface area contributed by atoms with E-state index in [1.165, 1.54) is 0 Å². The van der Waals surface area contributed by atoms with Gasteiger partial charge >= 0.3 is 5.97 Å². The normalized spacial score (nSPS) is 53.1. The SMILES string of the molecule is CC(C)[C@@]12CC[C@@]3(O1)[C@@H](C[C@H]1[C@](C)(C(=O)O)CCC[C@@]13C)C(=O)C2. The van der Waals surface area contributed by atoms with Crippen molar-refractivity contribution in [3.63, 3.8) is 0 Å². The molecule has 2 aliphatic carbocycles. The van der Waals surface area contributed by atoms with Gasteiger partial charge in [0.2, 0.25) is 0 Å². The Morgan fingerprint density at radius 2 is 1.92 bits per heavy atom. The number of rotatable bonds is 2. The van der Waals surface area contributed by atoms with E-state index in [-0.39, 0.29) is 22.9 Å². The van der Waals surface area contributed by atoms with E-state index in [0.717, 1.165) is 32.1 Å². The summed E-state index contributed by atoms with van der Waals surface area (Å²) in [4.78, 5) is 25.2. The van der Waals surface area contributed by atoms with Gasteiger partial charge in [0.1, 0.15) is 5.78 Å². The summed E-state index contributed by atoms with van der Waals surface area (Å²) < 4.78 is 6.86. The van der Waals surface area contributed by atoms with E-state index in [1.54, 1.807) is 0 Å². The minimum absolute atomic E-state index is 0.0336. The number of Topliss-reactive ketones (excluding diaryl/α,β-unsaturated/α-hetero) is 1. The monoisotopic (exact) mass is 334 g/mol. The second-order valence-corrected chi connectivity index (χ2v) is 9.69. The van der Waals surface area contributed by atoms with Gasteiger partial charge in [0.15, 0.2) is 0 Å². The highest BCUT2D eigenvalue weighted by molar-refractivity contribution is 5.86. The Hall–Kier alpha value is -0.900. The zero-order chi connectivity index (χ0) is 17.5. The van der Waals surface area contributed by atoms with Gasteiger partial charge in [-0.05, 0) is 50.9 Å². The average molecular weight is 334 g/mol. The number of fused-ring (bicyclic) bond motifs is 2. The Bertz CT molecular complexity index is 613. The summed E-state index contributed by atoms with van der Waals surface area (Å²) in [7, 11) is 0. The molecular weight excluding hydrogens is 304 g/mol. The second-order valence-electron chi connectivity index (χ2n) is 9.69. The van der Waals surface area contributed by atoms with Gasteiger partial charge in [-0.2, -0.15) is 0 Å². The van der Waals surface area contributed by atoms with Crippen LogP contribution in [0.3, 0.4) is 0 Å². The molecule has 2 saturated carbocycles. The molecule has 4 nitrogen and oxygen atoms in total. The van der Waals surface area contributed by atoms with Gasteiger partial charge in [-0.15, -0.1) is 0 Å². The van der Waals surface area contributed by atoms with Crippen molar-refractivity contribution in [1.82, 2.24) is 0 Å². The lowest BCUT2D eigenvalue weighted by Gasteiger charge is -2.55. The maximum Gasteiger partial charge on any atom is 0.309 e. The third-order valence-corrected chi connectivity index (χ3v) is 8.64. The van der Waals surface area contributed by atoms with Crippen LogP contribution in [0.1, 0.15) is 72.6 Å². The summed E-state index contributed by atoms with van der Waals surface area (Å²) in [5.41, 5.74) is -1.67. The van der Waals surface area contributed by atoms with Gasteiger partial charge < -0.3 is 9.84 Å². The van der Waals surface area contributed by atoms with E-state index in [1.807, 2.05) is 6.92 Å². The van der Waals surface area contributed by atoms with Crippen LogP contribution in [-0.2, 0) is 14.3 Å². The Balaban J connectivity index is 1.83. The van der Waals surface area contributed by atoms with Gasteiger partial charge in [0.25, 0.3) is 0 Å². The molecule has 0 aromatic heterocycles. The molecule has 134 valence electrons. The largest absolute Gasteiger partial charge is 0.481 e. The van der Waals surface area contributed by atoms with E-state index < -0.39 is 17.0 Å². The molecule has 2 aliphatic heterocycles. The first kappa shape index (κ1) is 16.6. The van der Waals surface area contributed by atoms with Gasteiger partial charge in [-0.3, -0.25) is 9.59 Å². The quantitative estimate of drug-likeness (QED) is 0.834. The topological polar surface area (TPSA) is 63.6 Å².